The van der Waals surface area contributed by atoms with Gasteiger partial charge in [-0.1, -0.05) is 6.07 Å². The average Bonchev–Trinajstić information content (AvgIpc) is 3.21. The first kappa shape index (κ1) is 18.3. The van der Waals surface area contributed by atoms with Crippen molar-refractivity contribution >= 4 is 21.5 Å². The van der Waals surface area contributed by atoms with Crippen molar-refractivity contribution in [2.75, 3.05) is 27.9 Å². The van der Waals surface area contributed by atoms with E-state index in [1.807, 2.05) is 18.2 Å². The van der Waals surface area contributed by atoms with Gasteiger partial charge in [-0.05, 0) is 64.9 Å². The molecule has 3 aromatic rings. The van der Waals surface area contributed by atoms with Crippen molar-refractivity contribution in [3.05, 3.63) is 35.4 Å². The van der Waals surface area contributed by atoms with E-state index >= 15 is 0 Å². The van der Waals surface area contributed by atoms with Crippen molar-refractivity contribution in [2.45, 2.75) is 31.5 Å². The first-order valence-electron chi connectivity index (χ1n) is 9.91. The Labute approximate surface area is 169 Å². The molecule has 0 radical (unpaired) electrons. The highest BCUT2D eigenvalue weighted by atomic mass is 16.5. The Morgan fingerprint density at radius 2 is 1.69 bits per heavy atom. The van der Waals surface area contributed by atoms with Gasteiger partial charge >= 0.3 is 0 Å². The largest absolute Gasteiger partial charge is 0.504 e. The molecule has 2 atom stereocenters. The number of phenolic OH excluding ortho intramolecular Hbond substituents is 1. The van der Waals surface area contributed by atoms with E-state index in [9.17, 15) is 10.2 Å². The fraction of sp³-hybridized carbons (Fsp3) is 0.391. The molecule has 6 heteroatoms. The molecule has 2 N–H and O–H groups in total. The second-order valence-electron chi connectivity index (χ2n) is 7.81. The van der Waals surface area contributed by atoms with Crippen LogP contribution in [0.5, 0.6) is 23.0 Å². The highest BCUT2D eigenvalue weighted by Crippen LogP contribution is 2.50. The third-order valence-corrected chi connectivity index (χ3v) is 6.51. The standard InChI is InChI=1S/C23H25NO5/c1-27-18-9-13-14(10-19(18)28-2)21-12(6-7-17(25)23(21)29-3)20-15(13)11-24-8-4-5-16(24)22(20)26/h6-7,9-10,16,22,25-26H,4-5,8,11H2,1-3H3. The molecule has 2 aliphatic rings. The van der Waals surface area contributed by atoms with E-state index in [2.05, 4.69) is 4.90 Å². The summed E-state index contributed by atoms with van der Waals surface area (Å²) >= 11 is 0. The van der Waals surface area contributed by atoms with Crippen molar-refractivity contribution < 1.29 is 24.4 Å². The molecule has 29 heavy (non-hydrogen) atoms. The Kier molecular flexibility index (Phi) is 4.22. The quantitative estimate of drug-likeness (QED) is 0.659. The molecule has 0 spiro atoms. The summed E-state index contributed by atoms with van der Waals surface area (Å²) in [6.07, 6.45) is 1.49. The number of hydrogen-bond donors (Lipinski definition) is 2. The lowest BCUT2D eigenvalue weighted by atomic mass is 9.83. The molecule has 0 bridgehead atoms. The van der Waals surface area contributed by atoms with E-state index in [0.29, 0.717) is 17.2 Å². The minimum atomic E-state index is -0.588. The van der Waals surface area contributed by atoms with Crippen LogP contribution in [0.15, 0.2) is 24.3 Å². The van der Waals surface area contributed by atoms with E-state index in [0.717, 1.165) is 58.6 Å². The number of rotatable bonds is 3. The number of aromatic hydroxyl groups is 1. The Morgan fingerprint density at radius 1 is 0.966 bits per heavy atom. The van der Waals surface area contributed by atoms with Crippen molar-refractivity contribution in [3.8, 4) is 23.0 Å². The smallest absolute Gasteiger partial charge is 0.168 e. The number of methoxy groups -OCH3 is 3. The molecule has 3 aromatic carbocycles. The van der Waals surface area contributed by atoms with Crippen LogP contribution in [0.3, 0.4) is 0 Å². The highest BCUT2D eigenvalue weighted by molar-refractivity contribution is 6.15. The van der Waals surface area contributed by atoms with Gasteiger partial charge in [-0.3, -0.25) is 4.90 Å². The molecular weight excluding hydrogens is 370 g/mol. The lowest BCUT2D eigenvalue weighted by molar-refractivity contribution is 0.0552. The van der Waals surface area contributed by atoms with Gasteiger partial charge in [0.1, 0.15) is 0 Å². The summed E-state index contributed by atoms with van der Waals surface area (Å²) in [7, 11) is 4.78. The number of aliphatic hydroxyl groups excluding tert-OH is 1. The van der Waals surface area contributed by atoms with Gasteiger partial charge in [0.15, 0.2) is 23.0 Å². The summed E-state index contributed by atoms with van der Waals surface area (Å²) < 4.78 is 16.7. The first-order chi connectivity index (χ1) is 14.1. The number of fused-ring (bicyclic) bond motifs is 7. The zero-order chi connectivity index (χ0) is 20.3. The molecule has 152 valence electrons. The molecule has 0 aromatic heterocycles. The van der Waals surface area contributed by atoms with Gasteiger partial charge in [0, 0.05) is 18.0 Å². The van der Waals surface area contributed by atoms with Crippen LogP contribution in [0.4, 0.5) is 0 Å². The van der Waals surface area contributed by atoms with Gasteiger partial charge in [-0.2, -0.15) is 0 Å². The Balaban J connectivity index is 1.97. The van der Waals surface area contributed by atoms with Crippen LogP contribution in [0, 0.1) is 0 Å². The van der Waals surface area contributed by atoms with Crippen LogP contribution >= 0.6 is 0 Å². The fourth-order valence-electron chi connectivity index (χ4n) is 5.22. The van der Waals surface area contributed by atoms with Crippen LogP contribution in [-0.4, -0.2) is 49.0 Å². The Bertz CT molecular complexity index is 1130. The van der Waals surface area contributed by atoms with Crippen LogP contribution in [0.1, 0.15) is 30.1 Å². The van der Waals surface area contributed by atoms with Gasteiger partial charge < -0.3 is 24.4 Å². The van der Waals surface area contributed by atoms with E-state index in [-0.39, 0.29) is 11.8 Å². The molecule has 6 nitrogen and oxygen atoms in total. The summed E-state index contributed by atoms with van der Waals surface area (Å²) in [4.78, 5) is 2.37. The maximum absolute atomic E-state index is 11.3. The summed E-state index contributed by atoms with van der Waals surface area (Å²) in [6, 6.07) is 7.56. The number of nitrogens with zero attached hydrogens (tertiary/aromatic N) is 1. The van der Waals surface area contributed by atoms with E-state index < -0.39 is 6.10 Å². The Hall–Kier alpha value is -2.70. The summed E-state index contributed by atoms with van der Waals surface area (Å²) in [6.45, 7) is 1.77. The van der Waals surface area contributed by atoms with Gasteiger partial charge in [0.25, 0.3) is 0 Å². The van der Waals surface area contributed by atoms with Crippen LogP contribution in [-0.2, 0) is 6.54 Å². The molecule has 0 amide bonds. The maximum atomic E-state index is 11.3. The van der Waals surface area contributed by atoms with Crippen molar-refractivity contribution in [2.24, 2.45) is 0 Å². The number of benzene rings is 3. The second-order valence-corrected chi connectivity index (χ2v) is 7.81. The minimum Gasteiger partial charge on any atom is -0.504 e. The monoisotopic (exact) mass is 395 g/mol. The molecule has 0 saturated carbocycles. The summed E-state index contributed by atoms with van der Waals surface area (Å²) in [5.74, 6) is 1.73. The molecule has 0 aliphatic carbocycles. The molecule has 2 heterocycles. The van der Waals surface area contributed by atoms with E-state index in [4.69, 9.17) is 14.2 Å². The second kappa shape index (κ2) is 6.68. The van der Waals surface area contributed by atoms with Gasteiger partial charge in [0.05, 0.1) is 27.4 Å². The van der Waals surface area contributed by atoms with Gasteiger partial charge in [0.2, 0.25) is 0 Å². The lowest BCUT2D eigenvalue weighted by Gasteiger charge is -2.37. The third kappa shape index (κ3) is 2.49. The zero-order valence-electron chi connectivity index (χ0n) is 16.9. The van der Waals surface area contributed by atoms with Crippen molar-refractivity contribution in [1.29, 1.82) is 0 Å². The minimum absolute atomic E-state index is 0.0730. The van der Waals surface area contributed by atoms with Crippen molar-refractivity contribution in [3.63, 3.8) is 0 Å². The van der Waals surface area contributed by atoms with E-state index in [1.54, 1.807) is 27.4 Å². The molecule has 1 saturated heterocycles. The molecular formula is C23H25NO5. The number of aliphatic hydroxyl groups is 1. The third-order valence-electron chi connectivity index (χ3n) is 6.51. The molecule has 1 fully saturated rings. The predicted octanol–water partition coefficient (Wildman–Crippen LogP) is 3.74. The predicted molar refractivity (Wildman–Crippen MR) is 111 cm³/mol. The van der Waals surface area contributed by atoms with Crippen LogP contribution in [0.25, 0.3) is 21.5 Å². The number of ether oxygens (including phenoxy) is 3. The maximum Gasteiger partial charge on any atom is 0.168 e. The van der Waals surface area contributed by atoms with Gasteiger partial charge in [-0.25, -0.2) is 0 Å². The molecule has 2 unspecified atom stereocenters. The van der Waals surface area contributed by atoms with Gasteiger partial charge in [-0.15, -0.1) is 0 Å². The van der Waals surface area contributed by atoms with Crippen molar-refractivity contribution in [1.82, 2.24) is 4.90 Å². The Morgan fingerprint density at radius 3 is 2.38 bits per heavy atom. The summed E-state index contributed by atoms with van der Waals surface area (Å²) in [5, 5.41) is 25.4. The zero-order valence-corrected chi connectivity index (χ0v) is 16.9. The summed E-state index contributed by atoms with van der Waals surface area (Å²) in [5.41, 5.74) is 2.04. The molecule has 5 rings (SSSR count). The topological polar surface area (TPSA) is 71.4 Å². The SMILES string of the molecule is COc1cc2c3c(c4ccc(O)c(OC)c4c2cc1OC)C(O)C1CCCN1C3. The number of phenols is 1. The normalized spacial score (nSPS) is 21.2. The molecule has 2 aliphatic heterocycles. The fourth-order valence-corrected chi connectivity index (χ4v) is 5.22. The lowest BCUT2D eigenvalue weighted by Crippen LogP contribution is -2.39. The van der Waals surface area contributed by atoms with Crippen LogP contribution < -0.4 is 14.2 Å². The highest BCUT2D eigenvalue weighted by Gasteiger charge is 2.39. The average molecular weight is 395 g/mol. The van der Waals surface area contributed by atoms with E-state index in [1.165, 1.54) is 0 Å². The van der Waals surface area contributed by atoms with Crippen LogP contribution in [0.2, 0.25) is 0 Å². The first-order valence-corrected chi connectivity index (χ1v) is 9.91. The number of hydrogen-bond acceptors (Lipinski definition) is 6.